The zero-order valence-corrected chi connectivity index (χ0v) is 26.9. The van der Waals surface area contributed by atoms with E-state index in [1.165, 1.54) is 4.57 Å². The second kappa shape index (κ2) is 16.5. The molecule has 2 aromatic rings. The second-order valence-corrected chi connectivity index (χ2v) is 12.5. The van der Waals surface area contributed by atoms with Crippen LogP contribution in [-0.4, -0.2) is 109 Å². The van der Waals surface area contributed by atoms with Crippen LogP contribution in [0.1, 0.15) is 44.3 Å². The molecule has 2 unspecified atom stereocenters. The zero-order valence-electron chi connectivity index (χ0n) is 26.0. The number of benzene rings is 1. The molecule has 44 heavy (non-hydrogen) atoms. The molecule has 5 atom stereocenters. The fraction of sp³-hybridized carbons (Fsp3) is 0.600. The van der Waals surface area contributed by atoms with Crippen LogP contribution >= 0.6 is 8.53 Å². The highest BCUT2D eigenvalue weighted by Crippen LogP contribution is 2.50. The van der Waals surface area contributed by atoms with Crippen molar-refractivity contribution in [3.8, 4) is 0 Å². The first-order valence-electron chi connectivity index (χ1n) is 14.9. The molecule has 0 bridgehead atoms. The number of carbonyl (C=O) groups excluding carboxylic acids is 1. The number of hydrogen-bond acceptors (Lipinski definition) is 10. The summed E-state index contributed by atoms with van der Waals surface area (Å²) in [4.78, 5) is 35.8. The van der Waals surface area contributed by atoms with E-state index in [4.69, 9.17) is 29.8 Å². The molecule has 1 aromatic carbocycles. The van der Waals surface area contributed by atoms with Gasteiger partial charge in [0, 0.05) is 50.6 Å². The van der Waals surface area contributed by atoms with Crippen molar-refractivity contribution in [2.75, 3.05) is 58.4 Å². The summed E-state index contributed by atoms with van der Waals surface area (Å²) in [5.41, 5.74) is -0.148. The molecule has 13 nitrogen and oxygen atoms in total. The van der Waals surface area contributed by atoms with Crippen LogP contribution in [0.15, 0.2) is 47.4 Å². The van der Waals surface area contributed by atoms with Crippen molar-refractivity contribution in [2.24, 2.45) is 0 Å². The number of amides is 1. The molecule has 2 aliphatic heterocycles. The number of hydrogen-bond donors (Lipinski definition) is 1. The average Bonchev–Trinajstić information content (AvgIpc) is 3.33. The van der Waals surface area contributed by atoms with Crippen LogP contribution in [0.2, 0.25) is 0 Å². The minimum Gasteiger partial charge on any atom is -0.379 e. The molecule has 0 saturated carbocycles. The molecule has 240 valence electrons. The smallest absolute Gasteiger partial charge is 0.351 e. The lowest BCUT2D eigenvalue weighted by Crippen LogP contribution is -2.46. The Morgan fingerprint density at radius 1 is 1.16 bits per heavy atom. The van der Waals surface area contributed by atoms with Gasteiger partial charge in [0.25, 0.3) is 14.4 Å². The number of ether oxygens (including phenoxy) is 3. The SMILES string of the molecule is [C-]#[N+]CCOP(OC1[C@@H](CN2CCOCC2)O[C@@H](n2ccc(NC(=O)c3ccccc3)nc2=O)[C@H]1OC)N(C(C)C)C(C)C. The lowest BCUT2D eigenvalue weighted by molar-refractivity contribution is -0.0640. The largest absolute Gasteiger partial charge is 0.379 e. The molecule has 2 saturated heterocycles. The topological polar surface area (TPSA) is 121 Å². The van der Waals surface area contributed by atoms with Gasteiger partial charge in [-0.15, -0.1) is 0 Å². The summed E-state index contributed by atoms with van der Waals surface area (Å²) in [5, 5.41) is 2.68. The molecular formula is C30H43N6O7P. The van der Waals surface area contributed by atoms with Crippen LogP contribution in [0.4, 0.5) is 5.82 Å². The highest BCUT2D eigenvalue weighted by Gasteiger charge is 2.50. The zero-order chi connectivity index (χ0) is 31.6. The van der Waals surface area contributed by atoms with Crippen LogP contribution in [0, 0.1) is 6.57 Å². The van der Waals surface area contributed by atoms with Gasteiger partial charge in [0.15, 0.2) is 6.23 Å². The van der Waals surface area contributed by atoms with Crippen molar-refractivity contribution in [2.45, 2.75) is 64.3 Å². The van der Waals surface area contributed by atoms with E-state index in [0.717, 1.165) is 13.1 Å². The molecule has 3 heterocycles. The van der Waals surface area contributed by atoms with Gasteiger partial charge in [0.2, 0.25) is 6.54 Å². The van der Waals surface area contributed by atoms with E-state index in [1.54, 1.807) is 43.6 Å². The Hall–Kier alpha value is -2.79. The number of nitrogens with zero attached hydrogens (tertiary/aromatic N) is 5. The first kappa shape index (κ1) is 34.1. The second-order valence-electron chi connectivity index (χ2n) is 11.1. The quantitative estimate of drug-likeness (QED) is 0.189. The summed E-state index contributed by atoms with van der Waals surface area (Å²) in [6.45, 7) is 19.2. The maximum absolute atomic E-state index is 13.3. The Balaban J connectivity index is 1.61. The Morgan fingerprint density at radius 2 is 1.86 bits per heavy atom. The average molecular weight is 631 g/mol. The Bertz CT molecular complexity index is 1290. The van der Waals surface area contributed by atoms with Gasteiger partial charge in [-0.3, -0.25) is 14.3 Å². The van der Waals surface area contributed by atoms with Gasteiger partial charge < -0.3 is 33.4 Å². The summed E-state index contributed by atoms with van der Waals surface area (Å²) in [6, 6.07) is 10.5. The minimum absolute atomic E-state index is 0.108. The van der Waals surface area contributed by atoms with E-state index in [1.807, 2.05) is 6.07 Å². The molecule has 1 amide bonds. The van der Waals surface area contributed by atoms with Gasteiger partial charge in [-0.25, -0.2) is 16.0 Å². The van der Waals surface area contributed by atoms with Crippen LogP contribution in [0.25, 0.3) is 4.85 Å². The van der Waals surface area contributed by atoms with E-state index >= 15 is 0 Å². The molecular weight excluding hydrogens is 587 g/mol. The van der Waals surface area contributed by atoms with Crippen molar-refractivity contribution in [1.82, 2.24) is 19.1 Å². The molecule has 0 aliphatic carbocycles. The number of methoxy groups -OCH3 is 1. The molecule has 0 spiro atoms. The van der Waals surface area contributed by atoms with Crippen LogP contribution in [-0.2, 0) is 23.3 Å². The molecule has 0 radical (unpaired) electrons. The van der Waals surface area contributed by atoms with Crippen molar-refractivity contribution in [3.63, 3.8) is 0 Å². The lowest BCUT2D eigenvalue weighted by Gasteiger charge is -2.38. The van der Waals surface area contributed by atoms with Gasteiger partial charge in [-0.05, 0) is 45.9 Å². The normalized spacial score (nSPS) is 23.2. The number of nitrogens with one attached hydrogen (secondary N) is 1. The highest BCUT2D eigenvalue weighted by atomic mass is 31.2. The summed E-state index contributed by atoms with van der Waals surface area (Å²) in [5.74, 6) is -0.237. The number of carbonyl (C=O) groups is 1. The number of rotatable bonds is 14. The first-order valence-corrected chi connectivity index (χ1v) is 16.0. The van der Waals surface area contributed by atoms with E-state index in [2.05, 4.69) is 52.4 Å². The first-order chi connectivity index (χ1) is 21.2. The van der Waals surface area contributed by atoms with Gasteiger partial charge in [0.1, 0.15) is 30.7 Å². The van der Waals surface area contributed by atoms with Gasteiger partial charge in [0.05, 0.1) is 13.2 Å². The standard InChI is InChI=1S/C30H43N6O7P/c1-21(2)36(22(3)4)44(41-17-13-31-5)43-26-24(20-34-15-18-40-19-16-34)42-29(27(26)39-6)35-14-12-25(33-30(35)38)32-28(37)23-10-8-7-9-11-23/h7-12,14,21-22,24,26-27,29H,13,15-20H2,1-4,6H3,(H,32,33,37,38)/t24-,26?,27+,29-,44?/m1/s1. The van der Waals surface area contributed by atoms with E-state index in [0.29, 0.717) is 25.3 Å². The summed E-state index contributed by atoms with van der Waals surface area (Å²) >= 11 is 0. The Labute approximate surface area is 260 Å². The van der Waals surface area contributed by atoms with E-state index < -0.39 is 38.8 Å². The number of morpholine rings is 1. The maximum Gasteiger partial charge on any atom is 0.351 e. The van der Waals surface area contributed by atoms with Crippen LogP contribution < -0.4 is 11.0 Å². The van der Waals surface area contributed by atoms with Crippen molar-refractivity contribution < 1.29 is 28.1 Å². The third-order valence-corrected chi connectivity index (χ3v) is 9.47. The summed E-state index contributed by atoms with van der Waals surface area (Å²) < 4.78 is 34.6. The van der Waals surface area contributed by atoms with Crippen molar-refractivity contribution in [1.29, 1.82) is 0 Å². The van der Waals surface area contributed by atoms with Gasteiger partial charge in [-0.2, -0.15) is 4.98 Å². The van der Waals surface area contributed by atoms with E-state index in [9.17, 15) is 9.59 Å². The maximum atomic E-state index is 13.3. The Morgan fingerprint density at radius 3 is 2.48 bits per heavy atom. The van der Waals surface area contributed by atoms with E-state index in [-0.39, 0.29) is 37.0 Å². The molecule has 14 heteroatoms. The number of aromatic nitrogens is 2. The summed E-state index contributed by atoms with van der Waals surface area (Å²) in [6.07, 6.45) is -1.05. The predicted octanol–water partition coefficient (Wildman–Crippen LogP) is 3.41. The predicted molar refractivity (Wildman–Crippen MR) is 166 cm³/mol. The van der Waals surface area contributed by atoms with Crippen LogP contribution in [0.5, 0.6) is 0 Å². The van der Waals surface area contributed by atoms with Gasteiger partial charge >= 0.3 is 5.69 Å². The van der Waals surface area contributed by atoms with Crippen LogP contribution in [0.3, 0.4) is 0 Å². The third kappa shape index (κ3) is 8.68. The lowest BCUT2D eigenvalue weighted by atomic mass is 10.1. The molecule has 2 fully saturated rings. The van der Waals surface area contributed by atoms with Crippen molar-refractivity contribution in [3.05, 3.63) is 70.1 Å². The highest BCUT2D eigenvalue weighted by molar-refractivity contribution is 7.44. The Kier molecular flexibility index (Phi) is 12.8. The number of anilines is 1. The minimum atomic E-state index is -1.60. The fourth-order valence-corrected chi connectivity index (χ4v) is 7.10. The molecule has 2 aliphatic rings. The molecule has 4 rings (SSSR count). The molecule has 1 N–H and O–H groups in total. The monoisotopic (exact) mass is 630 g/mol. The van der Waals surface area contributed by atoms with Crippen molar-refractivity contribution >= 4 is 20.3 Å². The molecule has 1 aromatic heterocycles. The fourth-order valence-electron chi connectivity index (χ4n) is 5.34. The third-order valence-electron chi connectivity index (χ3n) is 7.34. The summed E-state index contributed by atoms with van der Waals surface area (Å²) in [7, 11) is -0.0427. The van der Waals surface area contributed by atoms with Gasteiger partial charge in [-0.1, -0.05) is 18.2 Å².